The van der Waals surface area contributed by atoms with Gasteiger partial charge in [0.1, 0.15) is 0 Å². The Morgan fingerprint density at radius 3 is 1.54 bits per heavy atom. The average molecular weight is 525 g/mol. The van der Waals surface area contributed by atoms with Crippen LogP contribution in [0.2, 0.25) is 0 Å². The van der Waals surface area contributed by atoms with Crippen LogP contribution >= 0.6 is 0 Å². The Bertz CT molecular complexity index is 456. The van der Waals surface area contributed by atoms with E-state index >= 15 is 0 Å². The molecule has 4 heteroatoms. The maximum absolute atomic E-state index is 12.1. The minimum atomic E-state index is 0.00673. The average Bonchev–Trinajstić information content (AvgIpc) is 2.88. The number of hydrogen-bond donors (Lipinski definition) is 1. The van der Waals surface area contributed by atoms with E-state index in [0.29, 0.717) is 19.1 Å². The Labute approximate surface area is 233 Å². The molecule has 0 amide bonds. The maximum atomic E-state index is 12.1. The molecular formula is C33H68N2O2. The maximum Gasteiger partial charge on any atom is 0.305 e. The van der Waals surface area contributed by atoms with E-state index in [1.807, 2.05) is 0 Å². The van der Waals surface area contributed by atoms with E-state index in [0.717, 1.165) is 32.4 Å². The summed E-state index contributed by atoms with van der Waals surface area (Å²) in [6, 6.07) is 0.590. The smallest absolute Gasteiger partial charge is 0.305 e. The first kappa shape index (κ1) is 36.4. The highest BCUT2D eigenvalue weighted by atomic mass is 16.5. The number of ether oxygens (including phenoxy) is 1. The Balaban J connectivity index is 3.73. The number of likely N-dealkylation sites (N-methyl/N-ethyl adjacent to an activating group) is 1. The highest BCUT2D eigenvalue weighted by Crippen LogP contribution is 2.15. The lowest BCUT2D eigenvalue weighted by atomic mass is 10.0. The summed E-state index contributed by atoms with van der Waals surface area (Å²) < 4.78 is 5.49. The molecule has 1 atom stereocenters. The number of nitrogens with zero attached hydrogens (tertiary/aromatic N) is 1. The van der Waals surface area contributed by atoms with Crippen LogP contribution in [0.15, 0.2) is 0 Å². The Hall–Kier alpha value is -0.610. The zero-order valence-electron chi connectivity index (χ0n) is 25.9. The summed E-state index contributed by atoms with van der Waals surface area (Å²) in [5, 5.41) is 3.78. The van der Waals surface area contributed by atoms with Crippen molar-refractivity contribution in [2.24, 2.45) is 0 Å². The summed E-state index contributed by atoms with van der Waals surface area (Å²) in [5.74, 6) is 0.00673. The summed E-state index contributed by atoms with van der Waals surface area (Å²) in [6.07, 6.45) is 30.7. The first-order valence-electron chi connectivity index (χ1n) is 16.6. The molecule has 0 aliphatic heterocycles. The largest absolute Gasteiger partial charge is 0.466 e. The van der Waals surface area contributed by atoms with Gasteiger partial charge in [-0.15, -0.1) is 0 Å². The molecule has 0 saturated heterocycles. The van der Waals surface area contributed by atoms with Crippen molar-refractivity contribution in [3.63, 3.8) is 0 Å². The molecule has 0 heterocycles. The molecule has 0 aromatic heterocycles. The Morgan fingerprint density at radius 1 is 0.622 bits per heavy atom. The van der Waals surface area contributed by atoms with Crippen LogP contribution in [0.4, 0.5) is 0 Å². The van der Waals surface area contributed by atoms with Crippen molar-refractivity contribution in [1.29, 1.82) is 0 Å². The van der Waals surface area contributed by atoms with Gasteiger partial charge < -0.3 is 15.0 Å². The molecule has 1 unspecified atom stereocenters. The summed E-state index contributed by atoms with van der Waals surface area (Å²) in [4.78, 5) is 14.4. The zero-order valence-corrected chi connectivity index (χ0v) is 25.9. The van der Waals surface area contributed by atoms with Gasteiger partial charge in [0.05, 0.1) is 6.61 Å². The second-order valence-corrected chi connectivity index (χ2v) is 11.7. The molecule has 0 radical (unpaired) electrons. The van der Waals surface area contributed by atoms with E-state index in [1.165, 1.54) is 128 Å². The van der Waals surface area contributed by atoms with Crippen molar-refractivity contribution >= 4 is 5.97 Å². The fraction of sp³-hybridized carbons (Fsp3) is 0.970. The normalized spacial score (nSPS) is 12.4. The molecule has 0 bridgehead atoms. The summed E-state index contributed by atoms with van der Waals surface area (Å²) in [5.41, 5.74) is 0. The van der Waals surface area contributed by atoms with Gasteiger partial charge >= 0.3 is 5.97 Å². The number of carbonyl (C=O) groups excluding carboxylic acids is 1. The highest BCUT2D eigenvalue weighted by molar-refractivity contribution is 5.69. The van der Waals surface area contributed by atoms with Crippen molar-refractivity contribution < 1.29 is 9.53 Å². The summed E-state index contributed by atoms with van der Waals surface area (Å²) in [7, 11) is 4.27. The topological polar surface area (TPSA) is 41.6 Å². The number of hydrogen-bond acceptors (Lipinski definition) is 4. The number of esters is 1. The molecular weight excluding hydrogens is 456 g/mol. The van der Waals surface area contributed by atoms with Gasteiger partial charge in [0.25, 0.3) is 0 Å². The van der Waals surface area contributed by atoms with Crippen LogP contribution in [-0.4, -0.2) is 50.7 Å². The molecule has 0 aromatic rings. The molecule has 1 N–H and O–H groups in total. The van der Waals surface area contributed by atoms with Gasteiger partial charge in [-0.1, -0.05) is 136 Å². The fourth-order valence-electron chi connectivity index (χ4n) is 5.05. The SMILES string of the molecule is CCCCCCCCCCCCCOC(=O)CCCCC(CCCCCCCCCC)NCCN(C)C. The van der Waals surface area contributed by atoms with Crippen molar-refractivity contribution in [3.05, 3.63) is 0 Å². The molecule has 0 saturated carbocycles. The van der Waals surface area contributed by atoms with Crippen LogP contribution in [-0.2, 0) is 9.53 Å². The predicted octanol–water partition coefficient (Wildman–Crippen LogP) is 9.45. The number of unbranched alkanes of at least 4 members (excludes halogenated alkanes) is 18. The second kappa shape index (κ2) is 29.9. The van der Waals surface area contributed by atoms with Gasteiger partial charge in [0.15, 0.2) is 0 Å². The van der Waals surface area contributed by atoms with Gasteiger partial charge in [-0.2, -0.15) is 0 Å². The third-order valence-electron chi connectivity index (χ3n) is 7.59. The van der Waals surface area contributed by atoms with Crippen LogP contribution in [0.1, 0.15) is 168 Å². The lowest BCUT2D eigenvalue weighted by molar-refractivity contribution is -0.143. The molecule has 0 aromatic carbocycles. The first-order chi connectivity index (χ1) is 18.1. The molecule has 4 nitrogen and oxygen atoms in total. The van der Waals surface area contributed by atoms with Crippen molar-refractivity contribution in [1.82, 2.24) is 10.2 Å². The molecule has 0 aliphatic carbocycles. The standard InChI is InChI=1S/C33H68N2O2/c1-5-7-9-11-13-15-16-17-19-21-25-31-37-33(36)28-24-23-27-32(34-29-30-35(3)4)26-22-20-18-14-12-10-8-6-2/h32,34H,5-31H2,1-4H3. The number of rotatable bonds is 30. The molecule has 37 heavy (non-hydrogen) atoms. The third kappa shape index (κ3) is 29.8. The van der Waals surface area contributed by atoms with Crippen molar-refractivity contribution in [3.8, 4) is 0 Å². The fourth-order valence-corrected chi connectivity index (χ4v) is 5.05. The number of nitrogens with one attached hydrogen (secondary N) is 1. The van der Waals surface area contributed by atoms with Crippen molar-refractivity contribution in [2.45, 2.75) is 174 Å². The lowest BCUT2D eigenvalue weighted by Gasteiger charge is -2.20. The third-order valence-corrected chi connectivity index (χ3v) is 7.59. The van der Waals surface area contributed by atoms with Gasteiger partial charge in [-0.25, -0.2) is 0 Å². The summed E-state index contributed by atoms with van der Waals surface area (Å²) >= 11 is 0. The van der Waals surface area contributed by atoms with Crippen molar-refractivity contribution in [2.75, 3.05) is 33.8 Å². The minimum Gasteiger partial charge on any atom is -0.466 e. The monoisotopic (exact) mass is 525 g/mol. The van der Waals surface area contributed by atoms with E-state index in [2.05, 4.69) is 38.2 Å². The molecule has 0 aliphatic rings. The molecule has 0 spiro atoms. The van der Waals surface area contributed by atoms with Crippen LogP contribution in [0.3, 0.4) is 0 Å². The molecule has 222 valence electrons. The quantitative estimate of drug-likeness (QED) is 0.0750. The van der Waals surface area contributed by atoms with Crippen LogP contribution in [0.25, 0.3) is 0 Å². The molecule has 0 fully saturated rings. The van der Waals surface area contributed by atoms with E-state index in [9.17, 15) is 4.79 Å². The van der Waals surface area contributed by atoms with E-state index in [1.54, 1.807) is 0 Å². The summed E-state index contributed by atoms with van der Waals surface area (Å²) in [6.45, 7) is 7.31. The molecule has 0 rings (SSSR count). The first-order valence-corrected chi connectivity index (χ1v) is 16.6. The second-order valence-electron chi connectivity index (χ2n) is 11.7. The van der Waals surface area contributed by atoms with Crippen LogP contribution in [0, 0.1) is 0 Å². The van der Waals surface area contributed by atoms with Gasteiger partial charge in [0, 0.05) is 25.6 Å². The Kier molecular flexibility index (Phi) is 29.4. The van der Waals surface area contributed by atoms with Crippen LogP contribution < -0.4 is 5.32 Å². The van der Waals surface area contributed by atoms with E-state index < -0.39 is 0 Å². The lowest BCUT2D eigenvalue weighted by Crippen LogP contribution is -2.34. The van der Waals surface area contributed by atoms with Gasteiger partial charge in [-0.3, -0.25) is 4.79 Å². The van der Waals surface area contributed by atoms with E-state index in [4.69, 9.17) is 4.74 Å². The highest BCUT2D eigenvalue weighted by Gasteiger charge is 2.09. The zero-order chi connectivity index (χ0) is 27.2. The van der Waals surface area contributed by atoms with Gasteiger partial charge in [-0.05, 0) is 39.8 Å². The Morgan fingerprint density at radius 2 is 1.05 bits per heavy atom. The van der Waals surface area contributed by atoms with Gasteiger partial charge in [0.2, 0.25) is 0 Å². The van der Waals surface area contributed by atoms with E-state index in [-0.39, 0.29) is 5.97 Å². The number of carbonyl (C=O) groups is 1. The van der Waals surface area contributed by atoms with Crippen LogP contribution in [0.5, 0.6) is 0 Å². The minimum absolute atomic E-state index is 0.00673. The predicted molar refractivity (Wildman–Crippen MR) is 163 cm³/mol.